The highest BCUT2D eigenvalue weighted by atomic mass is 19.1. The number of piperidine rings is 1. The second-order valence-corrected chi connectivity index (χ2v) is 6.85. The number of carbonyl (C=O) groups excluding carboxylic acids is 1. The molecule has 28 heavy (non-hydrogen) atoms. The van der Waals surface area contributed by atoms with Crippen molar-refractivity contribution in [3.63, 3.8) is 0 Å². The number of carbonyl (C=O) groups is 1. The number of anilines is 1. The summed E-state index contributed by atoms with van der Waals surface area (Å²) in [6, 6.07) is 4.52. The molecule has 0 radical (unpaired) electrons. The van der Waals surface area contributed by atoms with Crippen molar-refractivity contribution in [3.8, 4) is 17.6 Å². The highest BCUT2D eigenvalue weighted by Gasteiger charge is 2.30. The highest BCUT2D eigenvalue weighted by Crippen LogP contribution is 2.37. The monoisotopic (exact) mass is 381 g/mol. The van der Waals surface area contributed by atoms with E-state index in [2.05, 4.69) is 27.5 Å². The zero-order valence-electron chi connectivity index (χ0n) is 15.4. The Morgan fingerprint density at radius 2 is 2.07 bits per heavy atom. The van der Waals surface area contributed by atoms with Crippen LogP contribution in [0.1, 0.15) is 29.7 Å². The third kappa shape index (κ3) is 3.28. The molecular weight excluding hydrogens is 361 g/mol. The maximum Gasteiger partial charge on any atom is 0.256 e. The summed E-state index contributed by atoms with van der Waals surface area (Å²) in [5.74, 6) is 5.32. The van der Waals surface area contributed by atoms with Crippen molar-refractivity contribution < 1.29 is 19.0 Å². The van der Waals surface area contributed by atoms with Gasteiger partial charge in [-0.1, -0.05) is 11.8 Å². The lowest BCUT2D eigenvalue weighted by Crippen LogP contribution is -2.40. The van der Waals surface area contributed by atoms with E-state index in [9.17, 15) is 14.3 Å². The number of hydrogen-bond donors (Lipinski definition) is 4. The molecular formula is C21H20FN3O3. The summed E-state index contributed by atoms with van der Waals surface area (Å²) in [5, 5.41) is 16.5. The van der Waals surface area contributed by atoms with E-state index < -0.39 is 11.4 Å². The molecule has 1 aromatic carbocycles. The number of rotatable bonds is 2. The number of fused-ring (bicyclic) bond motifs is 1. The molecule has 7 heteroatoms. The van der Waals surface area contributed by atoms with Gasteiger partial charge in [-0.25, -0.2) is 4.39 Å². The molecule has 2 aromatic rings. The van der Waals surface area contributed by atoms with Crippen LogP contribution in [0.2, 0.25) is 0 Å². The van der Waals surface area contributed by atoms with Gasteiger partial charge < -0.3 is 25.5 Å². The Labute approximate surface area is 161 Å². The number of ether oxygens (including phenoxy) is 1. The van der Waals surface area contributed by atoms with Gasteiger partial charge in [0.25, 0.3) is 5.91 Å². The number of H-pyrrole nitrogens is 1. The Morgan fingerprint density at radius 1 is 1.29 bits per heavy atom. The first-order chi connectivity index (χ1) is 13.5. The van der Waals surface area contributed by atoms with Crippen LogP contribution >= 0.6 is 0 Å². The second-order valence-electron chi connectivity index (χ2n) is 6.85. The molecule has 4 rings (SSSR count). The number of aromatic nitrogens is 1. The number of benzene rings is 1. The summed E-state index contributed by atoms with van der Waals surface area (Å²) in [4.78, 5) is 15.5. The van der Waals surface area contributed by atoms with Gasteiger partial charge in [0, 0.05) is 11.8 Å². The van der Waals surface area contributed by atoms with E-state index in [0.717, 1.165) is 0 Å². The van der Waals surface area contributed by atoms with Crippen LogP contribution < -0.4 is 15.4 Å². The average molecular weight is 381 g/mol. The van der Waals surface area contributed by atoms with Crippen LogP contribution in [0.25, 0.3) is 11.6 Å². The summed E-state index contributed by atoms with van der Waals surface area (Å²) in [7, 11) is 1.53. The molecule has 1 amide bonds. The van der Waals surface area contributed by atoms with Gasteiger partial charge in [-0.3, -0.25) is 4.79 Å². The van der Waals surface area contributed by atoms with Gasteiger partial charge in [-0.15, -0.1) is 0 Å². The molecule has 1 fully saturated rings. The average Bonchev–Trinajstić information content (AvgIpc) is 3.26. The molecule has 2 aliphatic rings. The first-order valence-electron chi connectivity index (χ1n) is 9.04. The van der Waals surface area contributed by atoms with Crippen LogP contribution in [0.3, 0.4) is 0 Å². The van der Waals surface area contributed by atoms with Crippen LogP contribution in [0.5, 0.6) is 5.75 Å². The second kappa shape index (κ2) is 7.15. The van der Waals surface area contributed by atoms with Gasteiger partial charge in [-0.05, 0) is 50.2 Å². The summed E-state index contributed by atoms with van der Waals surface area (Å²) in [5.41, 5.74) is 0.705. The van der Waals surface area contributed by atoms with Crippen molar-refractivity contribution in [1.82, 2.24) is 10.3 Å². The van der Waals surface area contributed by atoms with E-state index in [1.54, 1.807) is 18.3 Å². The Kier molecular flexibility index (Phi) is 4.67. The lowest BCUT2D eigenvalue weighted by atomic mass is 9.92. The minimum Gasteiger partial charge on any atom is -0.495 e. The van der Waals surface area contributed by atoms with E-state index in [0.29, 0.717) is 48.6 Å². The summed E-state index contributed by atoms with van der Waals surface area (Å²) in [6.45, 7) is 1.30. The Bertz CT molecular complexity index is 1020. The molecule has 0 atom stereocenters. The third-order valence-corrected chi connectivity index (χ3v) is 5.02. The molecule has 1 aromatic heterocycles. The number of aliphatic hydroxyl groups is 1. The molecule has 1 saturated heterocycles. The summed E-state index contributed by atoms with van der Waals surface area (Å²) in [6.07, 6.45) is 4.24. The quantitative estimate of drug-likeness (QED) is 0.474. The number of hydrogen-bond acceptors (Lipinski definition) is 4. The minimum atomic E-state index is -1.16. The number of amides is 1. The first-order valence-corrected chi connectivity index (χ1v) is 9.04. The molecule has 0 spiro atoms. The molecule has 0 unspecified atom stereocenters. The fraction of sp³-hybridized carbons (Fsp3) is 0.286. The molecule has 3 heterocycles. The van der Waals surface area contributed by atoms with Crippen molar-refractivity contribution in [2.24, 2.45) is 0 Å². The van der Waals surface area contributed by atoms with Crippen molar-refractivity contribution in [2.45, 2.75) is 18.4 Å². The smallest absolute Gasteiger partial charge is 0.256 e. The van der Waals surface area contributed by atoms with Gasteiger partial charge >= 0.3 is 0 Å². The Hall–Kier alpha value is -3.08. The minimum absolute atomic E-state index is 0.0968. The molecule has 0 bridgehead atoms. The molecule has 6 nitrogen and oxygen atoms in total. The van der Waals surface area contributed by atoms with E-state index in [1.807, 2.05) is 0 Å². The fourth-order valence-electron chi connectivity index (χ4n) is 3.47. The number of nitrogens with one attached hydrogen (secondary N) is 3. The van der Waals surface area contributed by atoms with Crippen molar-refractivity contribution in [3.05, 3.63) is 47.0 Å². The van der Waals surface area contributed by atoms with Gasteiger partial charge in [0.15, 0.2) is 0 Å². The zero-order valence-corrected chi connectivity index (χ0v) is 15.4. The van der Waals surface area contributed by atoms with Crippen LogP contribution in [-0.4, -0.2) is 41.8 Å². The number of halogens is 1. The third-order valence-electron chi connectivity index (χ3n) is 5.02. The standard InChI is InChI=1S/C21H20FN3O3/c1-28-18-5-9-24-17(18)12-14-19-13(4-6-21(27)7-10-23-11-8-21)15(22)2-3-16(19)25-20(14)26/h2-3,5,9,12,23-24,27H,7-8,10-11H2,1H3,(H,25,26)/b14-12-. The van der Waals surface area contributed by atoms with Crippen LogP contribution in [0, 0.1) is 17.7 Å². The van der Waals surface area contributed by atoms with Gasteiger partial charge in [0.05, 0.1) is 29.6 Å². The van der Waals surface area contributed by atoms with Gasteiger partial charge in [-0.2, -0.15) is 0 Å². The molecule has 0 aliphatic carbocycles. The predicted molar refractivity (Wildman–Crippen MR) is 104 cm³/mol. The zero-order chi connectivity index (χ0) is 19.7. The topological polar surface area (TPSA) is 86.4 Å². The summed E-state index contributed by atoms with van der Waals surface area (Å²) >= 11 is 0. The maximum atomic E-state index is 14.7. The maximum absolute atomic E-state index is 14.7. The first kappa shape index (κ1) is 18.3. The normalized spacial score (nSPS) is 19.0. The highest BCUT2D eigenvalue weighted by molar-refractivity contribution is 6.35. The van der Waals surface area contributed by atoms with Crippen LogP contribution in [0.15, 0.2) is 24.4 Å². The lowest BCUT2D eigenvalue weighted by molar-refractivity contribution is -0.110. The van der Waals surface area contributed by atoms with E-state index in [-0.39, 0.29) is 17.0 Å². The van der Waals surface area contributed by atoms with E-state index >= 15 is 0 Å². The molecule has 144 valence electrons. The van der Waals surface area contributed by atoms with Gasteiger partial charge in [0.1, 0.15) is 17.2 Å². The predicted octanol–water partition coefficient (Wildman–Crippen LogP) is 2.12. The van der Waals surface area contributed by atoms with Crippen molar-refractivity contribution >= 4 is 23.2 Å². The van der Waals surface area contributed by atoms with E-state index in [4.69, 9.17) is 4.74 Å². The summed E-state index contributed by atoms with van der Waals surface area (Å²) < 4.78 is 19.9. The fourth-order valence-corrected chi connectivity index (χ4v) is 3.47. The Morgan fingerprint density at radius 3 is 2.82 bits per heavy atom. The molecule has 2 aliphatic heterocycles. The van der Waals surface area contributed by atoms with Crippen molar-refractivity contribution in [2.75, 3.05) is 25.5 Å². The number of aromatic amines is 1. The Balaban J connectivity index is 1.81. The molecule has 0 saturated carbocycles. The number of methoxy groups -OCH3 is 1. The SMILES string of the molecule is COc1cc[nH]c1/C=C1\C(=O)Nc2ccc(F)c(C#CC3(O)CCNCC3)c21. The van der Waals surface area contributed by atoms with Crippen molar-refractivity contribution in [1.29, 1.82) is 0 Å². The van der Waals surface area contributed by atoms with Crippen LogP contribution in [0.4, 0.5) is 10.1 Å². The van der Waals surface area contributed by atoms with E-state index in [1.165, 1.54) is 19.2 Å². The largest absolute Gasteiger partial charge is 0.495 e. The van der Waals surface area contributed by atoms with Crippen LogP contribution in [-0.2, 0) is 4.79 Å². The van der Waals surface area contributed by atoms with Gasteiger partial charge in [0.2, 0.25) is 0 Å². The molecule has 4 N–H and O–H groups in total. The lowest BCUT2D eigenvalue weighted by Gasteiger charge is -2.27.